The lowest BCUT2D eigenvalue weighted by Gasteiger charge is -2.13. The number of fused-ring (bicyclic) bond motifs is 1. The van der Waals surface area contributed by atoms with Gasteiger partial charge in [-0.15, -0.1) is 0 Å². The van der Waals surface area contributed by atoms with Gasteiger partial charge < -0.3 is 5.32 Å². The second kappa shape index (κ2) is 9.36. The van der Waals surface area contributed by atoms with E-state index >= 15 is 0 Å². The van der Waals surface area contributed by atoms with Gasteiger partial charge in [-0.3, -0.25) is 14.2 Å². The van der Waals surface area contributed by atoms with Gasteiger partial charge in [-0.2, -0.15) is 0 Å². The minimum atomic E-state index is -0.126. The molecule has 1 N–H and O–H groups in total. The van der Waals surface area contributed by atoms with E-state index in [-0.39, 0.29) is 17.2 Å². The van der Waals surface area contributed by atoms with Gasteiger partial charge in [0, 0.05) is 10.1 Å². The van der Waals surface area contributed by atoms with Crippen molar-refractivity contribution in [2.24, 2.45) is 0 Å². The van der Waals surface area contributed by atoms with E-state index in [2.05, 4.69) is 39.8 Å². The quantitative estimate of drug-likeness (QED) is 0.234. The number of para-hydroxylation sites is 1. The number of rotatable bonds is 7. The molecule has 0 saturated heterocycles. The Balaban J connectivity index is 1.99. The summed E-state index contributed by atoms with van der Waals surface area (Å²) in [7, 11) is 0. The van der Waals surface area contributed by atoms with Crippen molar-refractivity contribution in [2.45, 2.75) is 24.9 Å². The molecule has 0 radical (unpaired) electrons. The van der Waals surface area contributed by atoms with Gasteiger partial charge >= 0.3 is 0 Å². The topological polar surface area (TPSA) is 64.0 Å². The third kappa shape index (κ3) is 4.90. The van der Waals surface area contributed by atoms with E-state index in [0.717, 1.165) is 22.1 Å². The molecule has 0 aliphatic carbocycles. The summed E-state index contributed by atoms with van der Waals surface area (Å²) in [6.07, 6.45) is 1.99. The standard InChI is InChI=1S/C20H20IN3O2S/c1-2-3-11-22-18(25)13-27-20-23-17-10-9-14(21)12-16(17)19(26)24(20)15-7-5-4-6-8-15/h4-10,12H,2-3,11,13H2,1H3,(H,22,25). The maximum absolute atomic E-state index is 13.2. The summed E-state index contributed by atoms with van der Waals surface area (Å²) in [6, 6.07) is 15.0. The lowest BCUT2D eigenvalue weighted by molar-refractivity contribution is -0.118. The Morgan fingerprint density at radius 3 is 2.74 bits per heavy atom. The van der Waals surface area contributed by atoms with Crippen molar-refractivity contribution in [2.75, 3.05) is 12.3 Å². The first-order valence-corrected chi connectivity index (χ1v) is 10.8. The molecule has 0 unspecified atom stereocenters. The highest BCUT2D eigenvalue weighted by Crippen LogP contribution is 2.22. The van der Waals surface area contributed by atoms with Crippen LogP contribution in [0.4, 0.5) is 0 Å². The molecule has 0 fully saturated rings. The van der Waals surface area contributed by atoms with Crippen LogP contribution >= 0.6 is 34.4 Å². The van der Waals surface area contributed by atoms with Crippen molar-refractivity contribution in [3.8, 4) is 5.69 Å². The minimum absolute atomic E-state index is 0.0509. The highest BCUT2D eigenvalue weighted by atomic mass is 127. The van der Waals surface area contributed by atoms with Crippen LogP contribution in [0.15, 0.2) is 58.5 Å². The van der Waals surface area contributed by atoms with Crippen LogP contribution < -0.4 is 10.9 Å². The maximum atomic E-state index is 13.2. The largest absolute Gasteiger partial charge is 0.355 e. The maximum Gasteiger partial charge on any atom is 0.266 e. The van der Waals surface area contributed by atoms with Gasteiger partial charge in [0.05, 0.1) is 22.3 Å². The molecule has 0 bridgehead atoms. The third-order valence-corrected chi connectivity index (χ3v) is 5.61. The Hall–Kier alpha value is -1.87. The molecule has 27 heavy (non-hydrogen) atoms. The Labute approximate surface area is 175 Å². The van der Waals surface area contributed by atoms with Gasteiger partial charge in [0.1, 0.15) is 0 Å². The number of carbonyl (C=O) groups excluding carboxylic acids is 1. The second-order valence-electron chi connectivity index (χ2n) is 6.02. The summed E-state index contributed by atoms with van der Waals surface area (Å²) >= 11 is 3.47. The van der Waals surface area contributed by atoms with Crippen LogP contribution in [0.5, 0.6) is 0 Å². The van der Waals surface area contributed by atoms with E-state index in [1.54, 1.807) is 4.57 Å². The Morgan fingerprint density at radius 2 is 2.00 bits per heavy atom. The van der Waals surface area contributed by atoms with Crippen molar-refractivity contribution in [3.63, 3.8) is 0 Å². The number of hydrogen-bond acceptors (Lipinski definition) is 4. The average molecular weight is 493 g/mol. The number of nitrogens with one attached hydrogen (secondary N) is 1. The fraction of sp³-hybridized carbons (Fsp3) is 0.250. The molecule has 7 heteroatoms. The summed E-state index contributed by atoms with van der Waals surface area (Å²) in [5.74, 6) is 0.170. The predicted molar refractivity (Wildman–Crippen MR) is 119 cm³/mol. The molecule has 0 spiro atoms. The molecule has 0 saturated carbocycles. The van der Waals surface area contributed by atoms with Crippen LogP contribution in [0.1, 0.15) is 19.8 Å². The molecule has 0 atom stereocenters. The van der Waals surface area contributed by atoms with Gasteiger partial charge in [-0.1, -0.05) is 43.3 Å². The van der Waals surface area contributed by atoms with Crippen molar-refractivity contribution in [1.29, 1.82) is 0 Å². The molecule has 3 aromatic rings. The third-order valence-electron chi connectivity index (χ3n) is 4.00. The zero-order valence-electron chi connectivity index (χ0n) is 14.9. The molecule has 0 aliphatic rings. The molecule has 0 aliphatic heterocycles. The van der Waals surface area contributed by atoms with E-state index in [1.165, 1.54) is 11.8 Å². The van der Waals surface area contributed by atoms with Gasteiger partial charge in [0.15, 0.2) is 5.16 Å². The van der Waals surface area contributed by atoms with Gasteiger partial charge in [0.25, 0.3) is 5.56 Å². The molecule has 1 amide bonds. The molecule has 2 aromatic carbocycles. The molecular weight excluding hydrogens is 473 g/mol. The first kappa shape index (κ1) is 19.9. The predicted octanol–water partition coefficient (Wildman–Crippen LogP) is 4.00. The van der Waals surface area contributed by atoms with Gasteiger partial charge in [0.2, 0.25) is 5.91 Å². The summed E-state index contributed by atoms with van der Waals surface area (Å²) in [4.78, 5) is 29.9. The Bertz CT molecular complexity index is 1010. The monoisotopic (exact) mass is 493 g/mol. The van der Waals surface area contributed by atoms with Gasteiger partial charge in [-0.05, 0) is 59.3 Å². The Kier molecular flexibility index (Phi) is 6.89. The van der Waals surface area contributed by atoms with Crippen LogP contribution in [-0.2, 0) is 4.79 Å². The first-order valence-electron chi connectivity index (χ1n) is 8.77. The van der Waals surface area contributed by atoms with E-state index in [9.17, 15) is 9.59 Å². The zero-order chi connectivity index (χ0) is 19.2. The first-order chi connectivity index (χ1) is 13.1. The van der Waals surface area contributed by atoms with Gasteiger partial charge in [-0.25, -0.2) is 4.98 Å². The normalized spacial score (nSPS) is 10.9. The van der Waals surface area contributed by atoms with Crippen molar-refractivity contribution < 1.29 is 4.79 Å². The molecular formula is C20H20IN3O2S. The molecule has 1 aromatic heterocycles. The number of amides is 1. The summed E-state index contributed by atoms with van der Waals surface area (Å²) in [5.41, 5.74) is 1.25. The number of hydrogen-bond donors (Lipinski definition) is 1. The number of benzene rings is 2. The van der Waals surface area contributed by atoms with Crippen LogP contribution in [0.2, 0.25) is 0 Å². The second-order valence-corrected chi connectivity index (χ2v) is 8.21. The SMILES string of the molecule is CCCCNC(=O)CSc1nc2ccc(I)cc2c(=O)n1-c1ccccc1. The lowest BCUT2D eigenvalue weighted by Crippen LogP contribution is -2.27. The fourth-order valence-electron chi connectivity index (χ4n) is 2.62. The summed E-state index contributed by atoms with van der Waals surface area (Å²) in [5, 5.41) is 3.99. The van der Waals surface area contributed by atoms with E-state index < -0.39 is 0 Å². The van der Waals surface area contributed by atoms with E-state index in [4.69, 9.17) is 0 Å². The average Bonchev–Trinajstić information content (AvgIpc) is 2.68. The van der Waals surface area contributed by atoms with Crippen LogP contribution in [0.25, 0.3) is 16.6 Å². The van der Waals surface area contributed by atoms with Crippen molar-refractivity contribution >= 4 is 51.2 Å². The van der Waals surface area contributed by atoms with Crippen LogP contribution in [0, 0.1) is 3.57 Å². The summed E-state index contributed by atoms with van der Waals surface area (Å²) < 4.78 is 2.57. The summed E-state index contributed by atoms with van der Waals surface area (Å²) in [6.45, 7) is 2.75. The number of thioether (sulfide) groups is 1. The molecule has 1 heterocycles. The number of halogens is 1. The lowest BCUT2D eigenvalue weighted by atomic mass is 10.2. The molecule has 5 nitrogen and oxygen atoms in total. The van der Waals surface area contributed by atoms with E-state index in [1.807, 2.05) is 48.5 Å². The highest BCUT2D eigenvalue weighted by molar-refractivity contribution is 14.1. The molecule has 140 valence electrons. The number of carbonyl (C=O) groups is 1. The number of unbranched alkanes of at least 4 members (excludes halogenated alkanes) is 1. The van der Waals surface area contributed by atoms with Crippen molar-refractivity contribution in [3.05, 3.63) is 62.5 Å². The van der Waals surface area contributed by atoms with Crippen molar-refractivity contribution in [1.82, 2.24) is 14.9 Å². The minimum Gasteiger partial charge on any atom is -0.355 e. The fourth-order valence-corrected chi connectivity index (χ4v) is 3.96. The zero-order valence-corrected chi connectivity index (χ0v) is 17.9. The smallest absolute Gasteiger partial charge is 0.266 e. The van der Waals surface area contributed by atoms with Crippen LogP contribution in [0.3, 0.4) is 0 Å². The molecule has 3 rings (SSSR count). The van der Waals surface area contributed by atoms with Crippen LogP contribution in [-0.4, -0.2) is 27.8 Å². The number of nitrogens with zero attached hydrogens (tertiary/aromatic N) is 2. The Morgan fingerprint density at radius 1 is 1.22 bits per heavy atom. The number of aromatic nitrogens is 2. The van der Waals surface area contributed by atoms with E-state index in [0.29, 0.717) is 22.6 Å². The highest BCUT2D eigenvalue weighted by Gasteiger charge is 2.15.